The Bertz CT molecular complexity index is 3120. The molecule has 0 atom stereocenters. The number of ether oxygens (including phenoxy) is 1. The number of benzene rings is 7. The molecule has 10 rings (SSSR count). The summed E-state index contributed by atoms with van der Waals surface area (Å²) in [6.45, 7) is 6.33. The van der Waals surface area contributed by atoms with Gasteiger partial charge in [0, 0.05) is 40.0 Å². The molecule has 3 aromatic heterocycles. The quantitative estimate of drug-likeness (QED) is 0.113. The second kappa shape index (κ2) is 15.8. The van der Waals surface area contributed by atoms with Crippen LogP contribution in [-0.2, 0) is 20.4 Å². The van der Waals surface area contributed by atoms with Gasteiger partial charge in [0.15, 0.2) is 0 Å². The van der Waals surface area contributed by atoms with Gasteiger partial charge in [-0.05, 0) is 89.0 Å². The van der Waals surface area contributed by atoms with E-state index in [0.717, 1.165) is 83.6 Å². The number of hydrogen-bond donors (Lipinski definition) is 0. The number of nitrogens with zero attached hydrogens (tertiary/aromatic N) is 4. The van der Waals surface area contributed by atoms with Crippen molar-refractivity contribution in [3.05, 3.63) is 205 Å². The maximum Gasteiger partial charge on any atom is 2.00 e. The van der Waals surface area contributed by atoms with Gasteiger partial charge in [-0.3, -0.25) is 4.68 Å². The average Bonchev–Trinajstić information content (AvgIpc) is 3.76. The van der Waals surface area contributed by atoms with Gasteiger partial charge in [-0.2, -0.15) is 17.2 Å². The molecule has 10 aromatic rings. The molecule has 59 heavy (non-hydrogen) atoms. The van der Waals surface area contributed by atoms with Gasteiger partial charge in [-0.15, -0.1) is 35.7 Å². The molecule has 0 radical (unpaired) electrons. The molecule has 6 heteroatoms. The van der Waals surface area contributed by atoms with Crippen molar-refractivity contribution < 1.29 is 25.2 Å². The van der Waals surface area contributed by atoms with Crippen LogP contribution in [0.1, 0.15) is 17.0 Å². The third-order valence-electron chi connectivity index (χ3n) is 10.9. The summed E-state index contributed by atoms with van der Waals surface area (Å²) in [6, 6.07) is 66.1. The van der Waals surface area contributed by atoms with Crippen molar-refractivity contribution in [2.45, 2.75) is 20.8 Å². The first-order chi connectivity index (χ1) is 28.5. The normalized spacial score (nSPS) is 11.2. The zero-order valence-electron chi connectivity index (χ0n) is 32.8. The second-order valence-electron chi connectivity index (χ2n) is 14.6. The zero-order valence-corrected chi connectivity index (χ0v) is 34.3. The SMILES string of the molecule is Cc1ccnc(-n2c3[c-]c(Oc4[c-]c(-n5nc(C)c(-c6c(-c7ccccc7)ccc(-c7ccccc7)c6-c6ccccc6)c5C)ccc4)ccc3c3ccccc32)c1.[Pd+2]. The Hall–Kier alpha value is -6.84. The van der Waals surface area contributed by atoms with Gasteiger partial charge < -0.3 is 9.30 Å². The Morgan fingerprint density at radius 3 is 1.85 bits per heavy atom. The number of fused-ring (bicyclic) bond motifs is 3. The maximum atomic E-state index is 6.55. The molecular formula is C53H38N4OPd. The largest absolute Gasteiger partial charge is 2.00 e. The molecule has 0 spiro atoms. The minimum Gasteiger partial charge on any atom is -0.509 e. The topological polar surface area (TPSA) is 44.9 Å². The van der Waals surface area contributed by atoms with Crippen LogP contribution in [0.2, 0.25) is 0 Å². The van der Waals surface area contributed by atoms with E-state index in [2.05, 4.69) is 177 Å². The number of para-hydroxylation sites is 1. The number of rotatable bonds is 8. The van der Waals surface area contributed by atoms with Crippen LogP contribution < -0.4 is 4.74 Å². The van der Waals surface area contributed by atoms with Crippen LogP contribution in [0, 0.1) is 32.9 Å². The second-order valence-corrected chi connectivity index (χ2v) is 14.6. The molecule has 0 bridgehead atoms. The summed E-state index contributed by atoms with van der Waals surface area (Å²) < 4.78 is 10.7. The fourth-order valence-corrected chi connectivity index (χ4v) is 8.27. The van der Waals surface area contributed by atoms with Crippen molar-refractivity contribution in [2.75, 3.05) is 0 Å². The van der Waals surface area contributed by atoms with Crippen LogP contribution in [0.5, 0.6) is 11.5 Å². The van der Waals surface area contributed by atoms with E-state index in [4.69, 9.17) is 14.8 Å². The van der Waals surface area contributed by atoms with Crippen molar-refractivity contribution in [1.29, 1.82) is 0 Å². The van der Waals surface area contributed by atoms with Crippen LogP contribution in [-0.4, -0.2) is 19.3 Å². The summed E-state index contributed by atoms with van der Waals surface area (Å²) >= 11 is 0. The molecule has 3 heterocycles. The first-order valence-electron chi connectivity index (χ1n) is 19.5. The predicted molar refractivity (Wildman–Crippen MR) is 236 cm³/mol. The Labute approximate surface area is 357 Å². The molecule has 0 aliphatic carbocycles. The van der Waals surface area contributed by atoms with E-state index in [9.17, 15) is 0 Å². The average molecular weight is 853 g/mol. The molecule has 0 unspecified atom stereocenters. The monoisotopic (exact) mass is 852 g/mol. The first-order valence-corrected chi connectivity index (χ1v) is 19.5. The van der Waals surface area contributed by atoms with Crippen molar-refractivity contribution in [3.8, 4) is 67.5 Å². The van der Waals surface area contributed by atoms with Crippen LogP contribution >= 0.6 is 0 Å². The van der Waals surface area contributed by atoms with E-state index in [1.54, 1.807) is 0 Å². The molecule has 0 aliphatic rings. The van der Waals surface area contributed by atoms with Crippen LogP contribution in [0.15, 0.2) is 176 Å². The molecule has 0 amide bonds. The first kappa shape index (κ1) is 37.7. The molecule has 286 valence electrons. The van der Waals surface area contributed by atoms with E-state index < -0.39 is 0 Å². The van der Waals surface area contributed by atoms with Crippen molar-refractivity contribution >= 4 is 21.8 Å². The molecule has 0 saturated heterocycles. The minimum absolute atomic E-state index is 0. The molecule has 0 fully saturated rings. The fourth-order valence-electron chi connectivity index (χ4n) is 8.27. The Balaban J connectivity index is 0.00000449. The predicted octanol–water partition coefficient (Wildman–Crippen LogP) is 13.3. The van der Waals surface area contributed by atoms with Gasteiger partial charge in [-0.1, -0.05) is 127 Å². The summed E-state index contributed by atoms with van der Waals surface area (Å²) in [5.41, 5.74) is 15.0. The summed E-state index contributed by atoms with van der Waals surface area (Å²) in [4.78, 5) is 4.73. The van der Waals surface area contributed by atoms with Gasteiger partial charge in [0.25, 0.3) is 0 Å². The molecular weight excluding hydrogens is 815 g/mol. The van der Waals surface area contributed by atoms with Gasteiger partial charge >= 0.3 is 20.4 Å². The molecule has 0 N–H and O–H groups in total. The molecule has 7 aromatic carbocycles. The van der Waals surface area contributed by atoms with Crippen LogP contribution in [0.4, 0.5) is 0 Å². The Morgan fingerprint density at radius 1 is 0.525 bits per heavy atom. The van der Waals surface area contributed by atoms with Gasteiger partial charge in [0.2, 0.25) is 0 Å². The third kappa shape index (κ3) is 6.87. The summed E-state index contributed by atoms with van der Waals surface area (Å²) in [5.74, 6) is 2.00. The number of aryl methyl sites for hydroxylation is 2. The maximum absolute atomic E-state index is 6.55. The summed E-state index contributed by atoms with van der Waals surface area (Å²) in [7, 11) is 0. The van der Waals surface area contributed by atoms with E-state index in [1.807, 2.05) is 41.2 Å². The van der Waals surface area contributed by atoms with Gasteiger partial charge in [0.05, 0.1) is 5.69 Å². The smallest absolute Gasteiger partial charge is 0.509 e. The number of aromatic nitrogens is 4. The van der Waals surface area contributed by atoms with Crippen molar-refractivity contribution in [1.82, 2.24) is 19.3 Å². The number of pyridine rings is 1. The zero-order chi connectivity index (χ0) is 39.2. The standard InChI is InChI=1S/C53H38N4O.Pd/c1-35-30-31-54-50(32-35)56-48-25-14-13-24-46(48)47-27-26-43(34-49(47)56)58-42-23-15-22-41(33-42)57-37(3)51(36(2)55-57)53-45(39-18-9-5-10-19-39)29-28-44(38-16-7-4-8-17-38)52(53)40-20-11-6-12-21-40;/h4-32H,1-3H3;/q-2;+2. The van der Waals surface area contributed by atoms with E-state index >= 15 is 0 Å². The molecule has 0 saturated carbocycles. The van der Waals surface area contributed by atoms with Crippen molar-refractivity contribution in [2.24, 2.45) is 0 Å². The van der Waals surface area contributed by atoms with Gasteiger partial charge in [0.1, 0.15) is 5.82 Å². The van der Waals surface area contributed by atoms with Crippen LogP contribution in [0.3, 0.4) is 0 Å². The van der Waals surface area contributed by atoms with E-state index in [1.165, 1.54) is 11.1 Å². The van der Waals surface area contributed by atoms with Gasteiger partial charge in [-0.25, -0.2) is 4.98 Å². The third-order valence-corrected chi connectivity index (χ3v) is 10.9. The molecule has 0 aliphatic heterocycles. The number of hydrogen-bond acceptors (Lipinski definition) is 3. The Morgan fingerprint density at radius 2 is 1.15 bits per heavy atom. The minimum atomic E-state index is 0. The van der Waals surface area contributed by atoms with E-state index in [-0.39, 0.29) is 20.4 Å². The fraction of sp³-hybridized carbons (Fsp3) is 0.0566. The van der Waals surface area contributed by atoms with Crippen molar-refractivity contribution in [3.63, 3.8) is 0 Å². The van der Waals surface area contributed by atoms with E-state index in [0.29, 0.717) is 11.5 Å². The van der Waals surface area contributed by atoms with Crippen LogP contribution in [0.25, 0.3) is 77.8 Å². The summed E-state index contributed by atoms with van der Waals surface area (Å²) in [6.07, 6.45) is 1.85. The summed E-state index contributed by atoms with van der Waals surface area (Å²) in [5, 5.41) is 7.43. The Kier molecular flexibility index (Phi) is 10.1. The molecule has 5 nitrogen and oxygen atoms in total.